The second kappa shape index (κ2) is 8.68. The molecule has 3 unspecified atom stereocenters. The van der Waals surface area contributed by atoms with Crippen LogP contribution in [0.2, 0.25) is 18.1 Å². The number of alkyl halides is 3. The highest BCUT2D eigenvalue weighted by atomic mass is 35.6. The lowest BCUT2D eigenvalue weighted by atomic mass is 9.95. The number of hydrogen-bond acceptors (Lipinski definition) is 5. The first kappa shape index (κ1) is 24.2. The number of carbonyl (C=O) groups excluding carboxylic acids is 2. The zero-order valence-corrected chi connectivity index (χ0v) is 20.4. The van der Waals surface area contributed by atoms with Gasteiger partial charge in [0, 0.05) is 0 Å². The molecule has 1 saturated heterocycles. The first-order valence-corrected chi connectivity index (χ1v) is 13.6. The summed E-state index contributed by atoms with van der Waals surface area (Å²) in [4.78, 5) is 24.7. The van der Waals surface area contributed by atoms with Gasteiger partial charge in [-0.2, -0.15) is 0 Å². The zero-order valence-electron chi connectivity index (χ0n) is 16.3. The molecule has 0 aromatic heterocycles. The molecule has 1 fully saturated rings. The maximum absolute atomic E-state index is 12.9. The number of carbonyl (C=O) groups is 2. The van der Waals surface area contributed by atoms with E-state index in [1.165, 1.54) is 0 Å². The van der Waals surface area contributed by atoms with Crippen molar-refractivity contribution in [3.05, 3.63) is 0 Å². The Morgan fingerprint density at radius 2 is 1.85 bits per heavy atom. The van der Waals surface area contributed by atoms with Gasteiger partial charge in [-0.05, 0) is 17.7 Å². The van der Waals surface area contributed by atoms with Crippen molar-refractivity contribution in [1.82, 2.24) is 4.57 Å². The van der Waals surface area contributed by atoms with Crippen molar-refractivity contribution in [2.24, 2.45) is 5.92 Å². The third-order valence-electron chi connectivity index (χ3n) is 5.00. The van der Waals surface area contributed by atoms with Gasteiger partial charge in [-0.15, -0.1) is 11.8 Å². The van der Waals surface area contributed by atoms with E-state index in [1.807, 2.05) is 4.57 Å². The van der Waals surface area contributed by atoms with Crippen LogP contribution in [0.1, 0.15) is 34.6 Å². The van der Waals surface area contributed by atoms with Crippen molar-refractivity contribution in [3.8, 4) is 0 Å². The van der Waals surface area contributed by atoms with Crippen molar-refractivity contribution in [2.45, 2.75) is 68.0 Å². The van der Waals surface area contributed by atoms with E-state index in [9.17, 15) is 9.59 Å². The standard InChI is InChI=1S/C16H28Cl3NO4SSi/c1-8-25-13-11(10(2)24-14(22)23-9-16(17,18)19)12(21)20(13)26(6,7)15(3,4)5/h10-11,13H,8-9H2,1-7H3. The summed E-state index contributed by atoms with van der Waals surface area (Å²) in [5.74, 6) is 0.503. The minimum absolute atomic E-state index is 0.00985. The van der Waals surface area contributed by atoms with Crippen LogP contribution in [-0.4, -0.2) is 52.5 Å². The van der Waals surface area contributed by atoms with Crippen LogP contribution in [0.3, 0.4) is 0 Å². The molecule has 0 saturated carbocycles. The fourth-order valence-electron chi connectivity index (χ4n) is 2.62. The van der Waals surface area contributed by atoms with E-state index in [1.54, 1.807) is 18.7 Å². The molecule has 0 aromatic rings. The predicted octanol–water partition coefficient (Wildman–Crippen LogP) is 5.44. The Labute approximate surface area is 176 Å². The van der Waals surface area contributed by atoms with Crippen LogP contribution in [0, 0.1) is 5.92 Å². The second-order valence-electron chi connectivity index (χ2n) is 7.87. The summed E-state index contributed by atoms with van der Waals surface area (Å²) < 4.78 is 10.4. The molecule has 1 aliphatic rings. The summed E-state index contributed by atoms with van der Waals surface area (Å²) in [7, 11) is -2.01. The van der Waals surface area contributed by atoms with E-state index in [0.29, 0.717) is 0 Å². The Bertz CT molecular complexity index is 537. The fourth-order valence-corrected chi connectivity index (χ4v) is 7.16. The highest BCUT2D eigenvalue weighted by Crippen LogP contribution is 2.48. The molecule has 0 spiro atoms. The van der Waals surface area contributed by atoms with Crippen LogP contribution in [0.15, 0.2) is 0 Å². The molecule has 1 amide bonds. The summed E-state index contributed by atoms with van der Waals surface area (Å²) >= 11 is 18.4. The number of ether oxygens (including phenoxy) is 2. The summed E-state index contributed by atoms with van der Waals surface area (Å²) in [6.07, 6.45) is -1.56. The number of hydrogen-bond donors (Lipinski definition) is 0. The van der Waals surface area contributed by atoms with Crippen molar-refractivity contribution in [3.63, 3.8) is 0 Å². The Kier molecular flexibility index (Phi) is 8.08. The Morgan fingerprint density at radius 1 is 1.31 bits per heavy atom. The van der Waals surface area contributed by atoms with Gasteiger partial charge in [0.25, 0.3) is 0 Å². The van der Waals surface area contributed by atoms with Gasteiger partial charge in [0.05, 0.1) is 5.37 Å². The third kappa shape index (κ3) is 5.60. The van der Waals surface area contributed by atoms with Gasteiger partial charge in [-0.1, -0.05) is 75.6 Å². The largest absolute Gasteiger partial charge is 0.508 e. The van der Waals surface area contributed by atoms with Gasteiger partial charge < -0.3 is 14.0 Å². The quantitative estimate of drug-likeness (QED) is 0.227. The van der Waals surface area contributed by atoms with Crippen molar-refractivity contribution < 1.29 is 19.1 Å². The molecule has 1 aliphatic heterocycles. The van der Waals surface area contributed by atoms with Crippen molar-refractivity contribution in [2.75, 3.05) is 12.4 Å². The molecule has 1 rings (SSSR count). The molecular formula is C16H28Cl3NO4SSi. The first-order chi connectivity index (χ1) is 11.6. The normalized spacial score (nSPS) is 22.7. The van der Waals surface area contributed by atoms with E-state index in [0.717, 1.165) is 5.75 Å². The average molecular weight is 465 g/mol. The lowest BCUT2D eigenvalue weighted by molar-refractivity contribution is -0.150. The van der Waals surface area contributed by atoms with E-state index in [4.69, 9.17) is 44.3 Å². The molecule has 5 nitrogen and oxygen atoms in total. The number of thioether (sulfide) groups is 1. The van der Waals surface area contributed by atoms with Crippen molar-refractivity contribution in [1.29, 1.82) is 0 Å². The van der Waals surface area contributed by atoms with Crippen LogP contribution in [0.5, 0.6) is 0 Å². The Hall–Kier alpha value is 0.177. The van der Waals surface area contributed by atoms with Crippen LogP contribution < -0.4 is 0 Å². The smallest absolute Gasteiger partial charge is 0.430 e. The van der Waals surface area contributed by atoms with E-state index < -0.39 is 36.8 Å². The van der Waals surface area contributed by atoms with E-state index >= 15 is 0 Å². The molecule has 0 aromatic carbocycles. The van der Waals surface area contributed by atoms with Gasteiger partial charge in [0.15, 0.2) is 8.24 Å². The average Bonchev–Trinajstić information content (AvgIpc) is 2.42. The number of β-lactam (4-membered cyclic amide) rings is 1. The highest BCUT2D eigenvalue weighted by molar-refractivity contribution is 8.00. The molecule has 26 heavy (non-hydrogen) atoms. The summed E-state index contributed by atoms with van der Waals surface area (Å²) in [6, 6.07) is 0. The minimum Gasteiger partial charge on any atom is -0.430 e. The Morgan fingerprint density at radius 3 is 2.27 bits per heavy atom. The SMILES string of the molecule is CCSC1C(C(C)OC(=O)OCC(Cl)(Cl)Cl)C(=O)N1[Si](C)(C)C(C)(C)C. The zero-order chi connectivity index (χ0) is 20.5. The highest BCUT2D eigenvalue weighted by Gasteiger charge is 2.59. The number of nitrogens with zero attached hydrogens (tertiary/aromatic N) is 1. The maximum Gasteiger partial charge on any atom is 0.508 e. The van der Waals surface area contributed by atoms with Crippen molar-refractivity contribution >= 4 is 66.9 Å². The maximum atomic E-state index is 12.9. The number of rotatable bonds is 6. The van der Waals surface area contributed by atoms with Crippen LogP contribution in [0.25, 0.3) is 0 Å². The van der Waals surface area contributed by atoms with Crippen LogP contribution >= 0.6 is 46.6 Å². The molecule has 0 bridgehead atoms. The van der Waals surface area contributed by atoms with E-state index in [-0.39, 0.29) is 16.3 Å². The summed E-state index contributed by atoms with van der Waals surface area (Å²) in [5.41, 5.74) is 0. The lowest BCUT2D eigenvalue weighted by Crippen LogP contribution is -2.73. The number of halogens is 3. The third-order valence-corrected chi connectivity index (χ3v) is 12.1. The molecule has 10 heteroatoms. The molecule has 0 N–H and O–H groups in total. The molecular weight excluding hydrogens is 437 g/mol. The Balaban J connectivity index is 2.83. The monoisotopic (exact) mass is 463 g/mol. The summed E-state index contributed by atoms with van der Waals surface area (Å²) in [6.45, 7) is 14.2. The second-order valence-corrected chi connectivity index (χ2v) is 16.9. The molecule has 1 heterocycles. The van der Waals surface area contributed by atoms with E-state index in [2.05, 4.69) is 40.8 Å². The molecule has 0 aliphatic carbocycles. The molecule has 3 atom stereocenters. The molecule has 152 valence electrons. The van der Waals surface area contributed by atoms with Crippen LogP contribution in [0.4, 0.5) is 4.79 Å². The first-order valence-electron chi connectivity index (χ1n) is 8.48. The van der Waals surface area contributed by atoms with Gasteiger partial charge in [-0.3, -0.25) is 4.79 Å². The minimum atomic E-state index is -2.01. The number of amides is 1. The predicted molar refractivity (Wildman–Crippen MR) is 112 cm³/mol. The molecule has 0 radical (unpaired) electrons. The summed E-state index contributed by atoms with van der Waals surface area (Å²) in [5, 5.41) is 0.0255. The topological polar surface area (TPSA) is 55.8 Å². The van der Waals surface area contributed by atoms with Crippen LogP contribution in [-0.2, 0) is 14.3 Å². The van der Waals surface area contributed by atoms with Gasteiger partial charge >= 0.3 is 6.16 Å². The van der Waals surface area contributed by atoms with Gasteiger partial charge in [-0.25, -0.2) is 4.79 Å². The fraction of sp³-hybridized carbons (Fsp3) is 0.875. The van der Waals surface area contributed by atoms with Gasteiger partial charge in [0.2, 0.25) is 9.70 Å². The van der Waals surface area contributed by atoms with Gasteiger partial charge in [0.1, 0.15) is 18.6 Å². The lowest BCUT2D eigenvalue weighted by Gasteiger charge is -2.58.